The van der Waals surface area contributed by atoms with E-state index in [1.807, 2.05) is 67.6 Å². The number of aryl methyl sites for hydroxylation is 1. The number of hydrogen-bond acceptors (Lipinski definition) is 8. The molecule has 2 heterocycles. The molecule has 10 nitrogen and oxygen atoms in total. The smallest absolute Gasteiger partial charge is 0.277 e. The first-order valence-corrected chi connectivity index (χ1v) is 16.5. The fraction of sp³-hybridized carbons (Fsp3) is 0.135. The second kappa shape index (κ2) is 14.4. The topological polar surface area (TPSA) is 124 Å². The van der Waals surface area contributed by atoms with Gasteiger partial charge in [0, 0.05) is 23.9 Å². The zero-order valence-electron chi connectivity index (χ0n) is 26.3. The summed E-state index contributed by atoms with van der Waals surface area (Å²) in [5.41, 5.74) is 4.26. The molecule has 6 aromatic rings. The number of furan rings is 1. The SMILES string of the molecule is COc1ccc(CN(Cc2ccco2)S(=O)(=O)c2ccc(NC(=O)c3cc(-c4ccc(OCc5ccccc5C)cc4)on3)cc2)cc1. The number of rotatable bonds is 13. The first-order chi connectivity index (χ1) is 23.3. The van der Waals surface area contributed by atoms with Gasteiger partial charge in [0.25, 0.3) is 5.91 Å². The summed E-state index contributed by atoms with van der Waals surface area (Å²) >= 11 is 0. The number of benzene rings is 4. The van der Waals surface area contributed by atoms with Crippen molar-refractivity contribution in [3.8, 4) is 22.8 Å². The number of methoxy groups -OCH3 is 1. The molecular weight excluding hydrogens is 630 g/mol. The van der Waals surface area contributed by atoms with Crippen LogP contribution in [0.25, 0.3) is 11.3 Å². The Morgan fingerprint density at radius 3 is 2.27 bits per heavy atom. The van der Waals surface area contributed by atoms with E-state index in [-0.39, 0.29) is 23.7 Å². The molecule has 0 bridgehead atoms. The molecule has 0 unspecified atom stereocenters. The molecule has 0 radical (unpaired) electrons. The predicted molar refractivity (Wildman–Crippen MR) is 180 cm³/mol. The highest BCUT2D eigenvalue weighted by Gasteiger charge is 2.26. The third kappa shape index (κ3) is 7.65. The molecule has 0 fully saturated rings. The van der Waals surface area contributed by atoms with E-state index >= 15 is 0 Å². The van der Waals surface area contributed by atoms with Crippen LogP contribution in [0.1, 0.15) is 32.9 Å². The number of hydrogen-bond donors (Lipinski definition) is 1. The maximum atomic E-state index is 13.8. The Labute approximate surface area is 278 Å². The summed E-state index contributed by atoms with van der Waals surface area (Å²) in [7, 11) is -2.37. The summed E-state index contributed by atoms with van der Waals surface area (Å²) in [5.74, 6) is 1.80. The van der Waals surface area contributed by atoms with Gasteiger partial charge in [-0.3, -0.25) is 4.79 Å². The molecular formula is C37H33N3O7S. The van der Waals surface area contributed by atoms with Gasteiger partial charge in [0.1, 0.15) is 23.9 Å². The molecule has 0 atom stereocenters. The van der Waals surface area contributed by atoms with Crippen LogP contribution >= 0.6 is 0 Å². The quantitative estimate of drug-likeness (QED) is 0.135. The van der Waals surface area contributed by atoms with Crippen molar-refractivity contribution in [3.63, 3.8) is 0 Å². The predicted octanol–water partition coefficient (Wildman–Crippen LogP) is 7.47. The maximum Gasteiger partial charge on any atom is 0.277 e. The number of ether oxygens (including phenoxy) is 2. The van der Waals surface area contributed by atoms with Crippen molar-refractivity contribution in [2.45, 2.75) is 31.5 Å². The molecule has 0 aliphatic carbocycles. The molecule has 0 spiro atoms. The van der Waals surface area contributed by atoms with Crippen molar-refractivity contribution in [1.29, 1.82) is 0 Å². The number of carbonyl (C=O) groups excluding carboxylic acids is 1. The summed E-state index contributed by atoms with van der Waals surface area (Å²) in [6, 6.07) is 33.5. The summed E-state index contributed by atoms with van der Waals surface area (Å²) < 4.78 is 50.9. The Bertz CT molecular complexity index is 2070. The molecule has 1 amide bonds. The van der Waals surface area contributed by atoms with E-state index in [1.54, 1.807) is 37.4 Å². The van der Waals surface area contributed by atoms with Crippen molar-refractivity contribution in [3.05, 3.63) is 150 Å². The second-order valence-electron chi connectivity index (χ2n) is 11.0. The maximum absolute atomic E-state index is 13.8. The van der Waals surface area contributed by atoms with E-state index in [1.165, 1.54) is 34.8 Å². The molecule has 0 saturated heterocycles. The zero-order chi connectivity index (χ0) is 33.5. The first kappa shape index (κ1) is 32.3. The third-order valence-electron chi connectivity index (χ3n) is 7.72. The van der Waals surface area contributed by atoms with Crippen molar-refractivity contribution in [1.82, 2.24) is 9.46 Å². The lowest BCUT2D eigenvalue weighted by Gasteiger charge is -2.22. The van der Waals surface area contributed by atoms with Gasteiger partial charge >= 0.3 is 0 Å². The standard InChI is InChI=1S/C37H33N3O7S/c1-26-6-3-4-7-29(26)25-46-32-17-11-28(12-18-32)36-22-35(39-47-36)37(41)38-30-13-19-34(20-14-30)48(42,43)40(24-33-8-5-21-45-33)23-27-9-15-31(44-2)16-10-27/h3-22H,23-25H2,1-2H3,(H,38,41). The van der Waals surface area contributed by atoms with Crippen LogP contribution in [0.3, 0.4) is 0 Å². The summed E-state index contributed by atoms with van der Waals surface area (Å²) in [6.45, 7) is 2.66. The Morgan fingerprint density at radius 2 is 1.58 bits per heavy atom. The van der Waals surface area contributed by atoms with Crippen molar-refractivity contribution in [2.75, 3.05) is 12.4 Å². The van der Waals surface area contributed by atoms with E-state index in [0.29, 0.717) is 35.3 Å². The first-order valence-electron chi connectivity index (χ1n) is 15.1. The van der Waals surface area contributed by atoms with E-state index in [9.17, 15) is 13.2 Å². The Morgan fingerprint density at radius 1 is 0.854 bits per heavy atom. The van der Waals surface area contributed by atoms with Crippen molar-refractivity contribution >= 4 is 21.6 Å². The number of anilines is 1. The van der Waals surface area contributed by atoms with E-state index < -0.39 is 15.9 Å². The lowest BCUT2D eigenvalue weighted by atomic mass is 10.1. The fourth-order valence-corrected chi connectivity index (χ4v) is 6.35. The highest BCUT2D eigenvalue weighted by atomic mass is 32.2. The number of carbonyl (C=O) groups is 1. The zero-order valence-corrected chi connectivity index (χ0v) is 27.1. The van der Waals surface area contributed by atoms with Crippen LogP contribution in [0.5, 0.6) is 11.5 Å². The Kier molecular flexibility index (Phi) is 9.70. The Balaban J connectivity index is 1.10. The average molecular weight is 664 g/mol. The summed E-state index contributed by atoms with van der Waals surface area (Å²) in [6.07, 6.45) is 1.50. The number of aromatic nitrogens is 1. The third-order valence-corrected chi connectivity index (χ3v) is 9.52. The second-order valence-corrected chi connectivity index (χ2v) is 12.9. The minimum atomic E-state index is -3.95. The number of sulfonamides is 1. The van der Waals surface area contributed by atoms with Crippen molar-refractivity contribution < 1.29 is 31.6 Å². The molecule has 11 heteroatoms. The van der Waals surface area contributed by atoms with Crippen LogP contribution in [-0.2, 0) is 29.7 Å². The molecule has 4 aromatic carbocycles. The minimum absolute atomic E-state index is 0.0392. The molecule has 0 aliphatic rings. The van der Waals surface area contributed by atoms with Crippen LogP contribution in [0, 0.1) is 6.92 Å². The van der Waals surface area contributed by atoms with Crippen LogP contribution in [0.4, 0.5) is 5.69 Å². The van der Waals surface area contributed by atoms with Gasteiger partial charge in [-0.1, -0.05) is 41.6 Å². The highest BCUT2D eigenvalue weighted by molar-refractivity contribution is 7.89. The largest absolute Gasteiger partial charge is 0.497 e. The fourth-order valence-electron chi connectivity index (χ4n) is 4.96. The van der Waals surface area contributed by atoms with Crippen LogP contribution < -0.4 is 14.8 Å². The van der Waals surface area contributed by atoms with Gasteiger partial charge in [-0.15, -0.1) is 0 Å². The lowest BCUT2D eigenvalue weighted by molar-refractivity contribution is 0.101. The van der Waals surface area contributed by atoms with Gasteiger partial charge < -0.3 is 23.7 Å². The monoisotopic (exact) mass is 663 g/mol. The van der Waals surface area contributed by atoms with E-state index in [0.717, 1.165) is 22.3 Å². The van der Waals surface area contributed by atoms with Gasteiger partial charge in [-0.25, -0.2) is 8.42 Å². The Hall–Kier alpha value is -5.65. The molecule has 0 saturated carbocycles. The molecule has 244 valence electrons. The van der Waals surface area contributed by atoms with Gasteiger partial charge in [-0.2, -0.15) is 4.31 Å². The summed E-state index contributed by atoms with van der Waals surface area (Å²) in [5, 5.41) is 6.67. The molecule has 2 aromatic heterocycles. The lowest BCUT2D eigenvalue weighted by Crippen LogP contribution is -2.30. The molecule has 6 rings (SSSR count). The van der Waals surface area contributed by atoms with Crippen molar-refractivity contribution in [2.24, 2.45) is 0 Å². The number of nitrogens with zero attached hydrogens (tertiary/aromatic N) is 2. The van der Waals surface area contributed by atoms with Gasteiger partial charge in [0.2, 0.25) is 10.0 Å². The highest BCUT2D eigenvalue weighted by Crippen LogP contribution is 2.26. The van der Waals surface area contributed by atoms with Crippen LogP contribution in [0.15, 0.2) is 135 Å². The van der Waals surface area contributed by atoms with Crippen LogP contribution in [-0.4, -0.2) is 30.9 Å². The normalized spacial score (nSPS) is 11.4. The molecule has 1 N–H and O–H groups in total. The number of amides is 1. The summed E-state index contributed by atoms with van der Waals surface area (Å²) in [4.78, 5) is 13.0. The molecule has 48 heavy (non-hydrogen) atoms. The van der Waals surface area contributed by atoms with E-state index in [2.05, 4.69) is 10.5 Å². The molecule has 0 aliphatic heterocycles. The van der Waals surface area contributed by atoms with Gasteiger partial charge in [-0.05, 0) is 96.4 Å². The van der Waals surface area contributed by atoms with Gasteiger partial charge in [0.05, 0.1) is 24.8 Å². The average Bonchev–Trinajstić information content (AvgIpc) is 3.82. The van der Waals surface area contributed by atoms with Gasteiger partial charge in [0.15, 0.2) is 11.5 Å². The number of nitrogens with one attached hydrogen (secondary N) is 1. The van der Waals surface area contributed by atoms with Crippen LogP contribution in [0.2, 0.25) is 0 Å². The van der Waals surface area contributed by atoms with E-state index in [4.69, 9.17) is 18.4 Å². The minimum Gasteiger partial charge on any atom is -0.497 e.